The molecule has 2 aromatic rings. The van der Waals surface area contributed by atoms with Gasteiger partial charge in [-0.05, 0) is 37.5 Å². The Labute approximate surface area is 144 Å². The molecular weight excluding hydrogens is 327 g/mol. The van der Waals surface area contributed by atoms with Crippen LogP contribution in [0.3, 0.4) is 0 Å². The SMILES string of the molecule is CO/C=C(\Oc1cc(-n2ccc(C3(F)CC3)n2)ccc1C)C(=O)OC. The summed E-state index contributed by atoms with van der Waals surface area (Å²) in [4.78, 5) is 11.7. The van der Waals surface area contributed by atoms with E-state index in [-0.39, 0.29) is 5.76 Å². The molecule has 1 aliphatic carbocycles. The van der Waals surface area contributed by atoms with E-state index in [1.54, 1.807) is 23.0 Å². The van der Waals surface area contributed by atoms with Crippen molar-refractivity contribution in [1.29, 1.82) is 0 Å². The number of nitrogens with zero attached hydrogens (tertiary/aromatic N) is 2. The molecule has 0 amide bonds. The Morgan fingerprint density at radius 1 is 1.32 bits per heavy atom. The minimum Gasteiger partial charge on any atom is -0.500 e. The Kier molecular flexibility index (Phi) is 4.48. The molecule has 1 aromatic heterocycles. The topological polar surface area (TPSA) is 62.6 Å². The minimum absolute atomic E-state index is 0.0768. The van der Waals surface area contributed by atoms with Gasteiger partial charge < -0.3 is 14.2 Å². The monoisotopic (exact) mass is 346 g/mol. The van der Waals surface area contributed by atoms with Crippen molar-refractivity contribution < 1.29 is 23.4 Å². The van der Waals surface area contributed by atoms with Gasteiger partial charge in [0, 0.05) is 12.3 Å². The van der Waals surface area contributed by atoms with Crippen molar-refractivity contribution in [3.8, 4) is 11.4 Å². The van der Waals surface area contributed by atoms with Gasteiger partial charge in [-0.15, -0.1) is 0 Å². The van der Waals surface area contributed by atoms with Crippen molar-refractivity contribution in [3.05, 3.63) is 53.7 Å². The first-order valence-corrected chi connectivity index (χ1v) is 7.82. The number of carbonyl (C=O) groups excluding carboxylic acids is 1. The Morgan fingerprint density at radius 3 is 2.72 bits per heavy atom. The minimum atomic E-state index is -1.28. The quantitative estimate of drug-likeness (QED) is 0.457. The third-order valence-corrected chi connectivity index (χ3v) is 4.00. The Balaban J connectivity index is 1.89. The summed E-state index contributed by atoms with van der Waals surface area (Å²) < 4.78 is 30.9. The van der Waals surface area contributed by atoms with E-state index in [4.69, 9.17) is 9.47 Å². The van der Waals surface area contributed by atoms with Crippen LogP contribution in [0, 0.1) is 6.92 Å². The third-order valence-electron chi connectivity index (χ3n) is 4.00. The molecular formula is C18H19FN2O4. The van der Waals surface area contributed by atoms with Crippen LogP contribution in [-0.2, 0) is 19.9 Å². The van der Waals surface area contributed by atoms with Gasteiger partial charge in [-0.25, -0.2) is 13.9 Å². The highest BCUT2D eigenvalue weighted by molar-refractivity contribution is 5.86. The van der Waals surface area contributed by atoms with Crippen molar-refractivity contribution in [3.63, 3.8) is 0 Å². The highest BCUT2D eigenvalue weighted by atomic mass is 19.1. The maximum absolute atomic E-state index is 14.1. The molecule has 1 aromatic carbocycles. The van der Waals surface area contributed by atoms with Crippen molar-refractivity contribution >= 4 is 5.97 Å². The number of esters is 1. The van der Waals surface area contributed by atoms with E-state index in [0.717, 1.165) is 5.56 Å². The summed E-state index contributed by atoms with van der Waals surface area (Å²) in [5.41, 5.74) is 0.656. The molecule has 132 valence electrons. The summed E-state index contributed by atoms with van der Waals surface area (Å²) >= 11 is 0. The van der Waals surface area contributed by atoms with Gasteiger partial charge in [-0.1, -0.05) is 6.07 Å². The molecule has 6 nitrogen and oxygen atoms in total. The average Bonchev–Trinajstić information content (AvgIpc) is 3.16. The zero-order valence-corrected chi connectivity index (χ0v) is 14.3. The molecule has 7 heteroatoms. The van der Waals surface area contributed by atoms with Crippen LogP contribution in [0.1, 0.15) is 24.1 Å². The van der Waals surface area contributed by atoms with Gasteiger partial charge in [0.2, 0.25) is 5.76 Å². The lowest BCUT2D eigenvalue weighted by atomic mass is 10.2. The van der Waals surface area contributed by atoms with Crippen LogP contribution in [0.25, 0.3) is 5.69 Å². The van der Waals surface area contributed by atoms with E-state index in [1.165, 1.54) is 20.5 Å². The van der Waals surface area contributed by atoms with E-state index >= 15 is 0 Å². The van der Waals surface area contributed by atoms with Crippen LogP contribution in [0.5, 0.6) is 5.75 Å². The normalized spacial score (nSPS) is 15.6. The second kappa shape index (κ2) is 6.58. The maximum atomic E-state index is 14.1. The number of hydrogen-bond acceptors (Lipinski definition) is 5. The maximum Gasteiger partial charge on any atom is 0.377 e. The lowest BCUT2D eigenvalue weighted by Gasteiger charge is -2.12. The smallest absolute Gasteiger partial charge is 0.377 e. The summed E-state index contributed by atoms with van der Waals surface area (Å²) in [6.45, 7) is 1.84. The van der Waals surface area contributed by atoms with Crippen LogP contribution in [0.15, 0.2) is 42.5 Å². The zero-order chi connectivity index (χ0) is 18.0. The molecule has 1 heterocycles. The molecule has 0 atom stereocenters. The standard InChI is InChI=1S/C18H19FN2O4/c1-12-4-5-13(21-9-6-16(20-21)18(19)7-8-18)10-14(12)25-15(11-23-2)17(22)24-3/h4-6,9-11H,7-8H2,1-3H3/b15-11-. The number of ether oxygens (including phenoxy) is 3. The predicted octanol–water partition coefficient (Wildman–Crippen LogP) is 3.18. The Morgan fingerprint density at radius 2 is 2.08 bits per heavy atom. The molecule has 0 unspecified atom stereocenters. The second-order valence-electron chi connectivity index (χ2n) is 5.87. The molecule has 3 rings (SSSR count). The number of hydrogen-bond donors (Lipinski definition) is 0. The molecule has 0 bridgehead atoms. The van der Waals surface area contributed by atoms with Crippen LogP contribution < -0.4 is 4.74 Å². The van der Waals surface area contributed by atoms with Crippen molar-refractivity contribution in [2.24, 2.45) is 0 Å². The number of halogens is 1. The molecule has 1 saturated carbocycles. The number of aryl methyl sites for hydroxylation is 1. The van der Waals surface area contributed by atoms with Gasteiger partial charge in [0.05, 0.1) is 19.9 Å². The number of carbonyl (C=O) groups is 1. The second-order valence-corrected chi connectivity index (χ2v) is 5.87. The largest absolute Gasteiger partial charge is 0.500 e. The molecule has 0 N–H and O–H groups in total. The fourth-order valence-corrected chi connectivity index (χ4v) is 2.35. The number of methoxy groups -OCH3 is 2. The van der Waals surface area contributed by atoms with Gasteiger partial charge in [-0.3, -0.25) is 0 Å². The number of alkyl halides is 1. The first-order valence-electron chi connectivity index (χ1n) is 7.82. The summed E-state index contributed by atoms with van der Waals surface area (Å²) in [5, 5.41) is 4.31. The van der Waals surface area contributed by atoms with Gasteiger partial charge >= 0.3 is 5.97 Å². The lowest BCUT2D eigenvalue weighted by molar-refractivity contribution is -0.138. The van der Waals surface area contributed by atoms with E-state index in [0.29, 0.717) is 30.0 Å². The van der Waals surface area contributed by atoms with E-state index < -0.39 is 11.6 Å². The van der Waals surface area contributed by atoms with E-state index in [1.807, 2.05) is 19.1 Å². The molecule has 0 spiro atoms. The fraction of sp³-hybridized carbons (Fsp3) is 0.333. The number of benzene rings is 1. The summed E-state index contributed by atoms with van der Waals surface area (Å²) in [7, 11) is 2.67. The van der Waals surface area contributed by atoms with Crippen molar-refractivity contribution in [1.82, 2.24) is 9.78 Å². The van der Waals surface area contributed by atoms with Crippen LogP contribution in [0.2, 0.25) is 0 Å². The third kappa shape index (κ3) is 3.50. The number of rotatable bonds is 6. The highest BCUT2D eigenvalue weighted by Crippen LogP contribution is 2.48. The molecule has 1 fully saturated rings. The summed E-state index contributed by atoms with van der Waals surface area (Å²) in [6.07, 6.45) is 3.90. The van der Waals surface area contributed by atoms with Gasteiger partial charge in [-0.2, -0.15) is 5.10 Å². The van der Waals surface area contributed by atoms with Crippen molar-refractivity contribution in [2.75, 3.05) is 14.2 Å². The van der Waals surface area contributed by atoms with E-state index in [2.05, 4.69) is 9.84 Å². The van der Waals surface area contributed by atoms with Crippen molar-refractivity contribution in [2.45, 2.75) is 25.4 Å². The molecule has 0 radical (unpaired) electrons. The van der Waals surface area contributed by atoms with Crippen LogP contribution in [0.4, 0.5) is 4.39 Å². The zero-order valence-electron chi connectivity index (χ0n) is 14.3. The van der Waals surface area contributed by atoms with Crippen LogP contribution in [-0.4, -0.2) is 30.0 Å². The predicted molar refractivity (Wildman–Crippen MR) is 88.1 cm³/mol. The first kappa shape index (κ1) is 17.0. The van der Waals surface area contributed by atoms with Gasteiger partial charge in [0.15, 0.2) is 5.67 Å². The summed E-state index contributed by atoms with van der Waals surface area (Å²) in [5.74, 6) is -0.280. The highest BCUT2D eigenvalue weighted by Gasteiger charge is 2.47. The molecule has 0 aliphatic heterocycles. The molecule has 25 heavy (non-hydrogen) atoms. The Bertz CT molecular complexity index is 824. The number of aromatic nitrogens is 2. The fourth-order valence-electron chi connectivity index (χ4n) is 2.35. The Hall–Kier alpha value is -2.83. The first-order chi connectivity index (χ1) is 12.0. The molecule has 0 saturated heterocycles. The van der Waals surface area contributed by atoms with Gasteiger partial charge in [0.25, 0.3) is 0 Å². The lowest BCUT2D eigenvalue weighted by Crippen LogP contribution is -2.12. The van der Waals surface area contributed by atoms with Crippen LogP contribution >= 0.6 is 0 Å². The van der Waals surface area contributed by atoms with E-state index in [9.17, 15) is 9.18 Å². The molecule has 1 aliphatic rings. The average molecular weight is 346 g/mol. The summed E-state index contributed by atoms with van der Waals surface area (Å²) in [6, 6.07) is 7.07. The van der Waals surface area contributed by atoms with Gasteiger partial charge in [0.1, 0.15) is 17.7 Å².